The molecule has 3 heterocycles. The Bertz CT molecular complexity index is 2130. The van der Waals surface area contributed by atoms with Crippen molar-refractivity contribution in [2.75, 3.05) is 32.0 Å². The Labute approximate surface area is 334 Å². The minimum atomic E-state index is -5.41. The van der Waals surface area contributed by atoms with E-state index in [1.165, 1.54) is 13.3 Å². The molecule has 1 aliphatic carbocycles. The first-order valence-electron chi connectivity index (χ1n) is 18.7. The van der Waals surface area contributed by atoms with E-state index in [9.17, 15) is 23.9 Å². The van der Waals surface area contributed by atoms with Crippen molar-refractivity contribution in [3.8, 4) is 5.75 Å². The zero-order valence-electron chi connectivity index (χ0n) is 31.7. The first-order chi connectivity index (χ1) is 27.2. The molecule has 0 spiro atoms. The van der Waals surface area contributed by atoms with Crippen molar-refractivity contribution in [1.82, 2.24) is 29.5 Å². The molecular weight excluding hydrogens is 807 g/mol. The van der Waals surface area contributed by atoms with E-state index in [1.54, 1.807) is 24.3 Å². The molecule has 2 aliphatic rings. The number of anilines is 1. The van der Waals surface area contributed by atoms with Crippen LogP contribution in [-0.4, -0.2) is 91.1 Å². The van der Waals surface area contributed by atoms with Gasteiger partial charge in [0.2, 0.25) is 5.28 Å². The monoisotopic (exact) mass is 853 g/mol. The predicted octanol–water partition coefficient (Wildman–Crippen LogP) is 5.46. The summed E-state index contributed by atoms with van der Waals surface area (Å²) in [4.78, 5) is 38.4. The number of rotatable bonds is 18. The third-order valence-electron chi connectivity index (χ3n) is 9.90. The van der Waals surface area contributed by atoms with Crippen molar-refractivity contribution in [3.05, 3.63) is 76.3 Å². The largest absolute Gasteiger partial charge is 0.481 e. The van der Waals surface area contributed by atoms with Crippen molar-refractivity contribution in [2.45, 2.75) is 90.1 Å². The summed E-state index contributed by atoms with van der Waals surface area (Å²) in [5.74, 6) is -0.698. The van der Waals surface area contributed by atoms with Crippen LogP contribution in [0.3, 0.4) is 0 Å². The number of carbonyl (C=O) groups is 1. The van der Waals surface area contributed by atoms with Crippen molar-refractivity contribution in [2.24, 2.45) is 0 Å². The number of phosphoric acid groups is 1. The van der Waals surface area contributed by atoms with E-state index in [0.717, 1.165) is 48.0 Å². The smallest absolute Gasteiger partial charge is 0.460 e. The summed E-state index contributed by atoms with van der Waals surface area (Å²) in [6.45, 7) is 6.68. The number of nitrogens with two attached hydrogens (primary N) is 1. The lowest BCUT2D eigenvalue weighted by molar-refractivity contribution is -0.146. The Morgan fingerprint density at radius 3 is 2.63 bits per heavy atom. The van der Waals surface area contributed by atoms with Gasteiger partial charge >= 0.3 is 21.5 Å². The van der Waals surface area contributed by atoms with Gasteiger partial charge in [-0.05, 0) is 86.0 Å². The number of aliphatic hydroxyl groups is 1. The van der Waals surface area contributed by atoms with Crippen LogP contribution in [0.5, 0.6) is 5.75 Å². The first kappa shape index (κ1) is 43.0. The van der Waals surface area contributed by atoms with E-state index in [2.05, 4.69) is 24.9 Å². The molecule has 5 N–H and O–H groups in total. The number of carbonyl (C=O) groups excluding carboxylic acids is 1. The number of aliphatic hydroxyl groups excluding tert-OH is 1. The molecule has 310 valence electrons. The molecule has 17 nitrogen and oxygen atoms in total. The Balaban J connectivity index is 1.23. The summed E-state index contributed by atoms with van der Waals surface area (Å²) in [6.07, 6.45) is -2.27. The molecule has 2 aromatic heterocycles. The first-order valence-corrected chi connectivity index (χ1v) is 22.1. The summed E-state index contributed by atoms with van der Waals surface area (Å²) in [5.41, 5.74) is 9.12. The highest BCUT2D eigenvalue weighted by Gasteiger charge is 2.48. The van der Waals surface area contributed by atoms with Gasteiger partial charge in [-0.15, -0.1) is 0 Å². The maximum absolute atomic E-state index is 15.5. The molecule has 4 aromatic rings. The fourth-order valence-electron chi connectivity index (χ4n) is 6.79. The van der Waals surface area contributed by atoms with E-state index < -0.39 is 58.8 Å². The lowest BCUT2D eigenvalue weighted by Gasteiger charge is -2.29. The number of halogens is 2. The lowest BCUT2D eigenvalue weighted by Crippen LogP contribution is -2.35. The number of esters is 1. The highest BCUT2D eigenvalue weighted by Crippen LogP contribution is 2.61. The maximum atomic E-state index is 15.5. The van der Waals surface area contributed by atoms with Gasteiger partial charge in [-0.3, -0.25) is 13.9 Å². The predicted molar refractivity (Wildman–Crippen MR) is 208 cm³/mol. The fraction of sp³-hybridized carbons (Fsp3) is 0.500. The number of hydrogen-bond acceptors (Lipinski definition) is 14. The lowest BCUT2D eigenvalue weighted by atomic mass is 9.89. The van der Waals surface area contributed by atoms with Crippen LogP contribution >= 0.6 is 27.2 Å². The van der Waals surface area contributed by atoms with Crippen molar-refractivity contribution in [3.63, 3.8) is 0 Å². The van der Waals surface area contributed by atoms with Gasteiger partial charge in [0.15, 0.2) is 23.9 Å². The Kier molecular flexibility index (Phi) is 14.0. The molecule has 4 unspecified atom stereocenters. The third-order valence-corrected chi connectivity index (χ3v) is 13.4. The van der Waals surface area contributed by atoms with Gasteiger partial charge in [-0.2, -0.15) is 19.4 Å². The average Bonchev–Trinajstić information content (AvgIpc) is 3.73. The summed E-state index contributed by atoms with van der Waals surface area (Å²) in [6, 6.07) is 11.4. The number of nitrogens with zero attached hydrogens (tertiary/aromatic N) is 5. The summed E-state index contributed by atoms with van der Waals surface area (Å²) < 4.78 is 73.0. The van der Waals surface area contributed by atoms with Crippen molar-refractivity contribution < 1.29 is 51.1 Å². The molecule has 0 amide bonds. The maximum Gasteiger partial charge on any atom is 0.481 e. The average molecular weight is 854 g/mol. The second kappa shape index (κ2) is 18.6. The van der Waals surface area contributed by atoms with Crippen LogP contribution in [0, 0.1) is 0 Å². The number of likely N-dealkylation sites (N-methyl/N-ethyl adjacent to an activating group) is 1. The van der Waals surface area contributed by atoms with Crippen LogP contribution in [-0.2, 0) is 58.1 Å². The molecule has 1 fully saturated rings. The minimum Gasteiger partial charge on any atom is -0.460 e. The minimum absolute atomic E-state index is 0.0187. The summed E-state index contributed by atoms with van der Waals surface area (Å²) in [5, 5.41) is 13.0. The molecule has 2 aromatic carbocycles. The Morgan fingerprint density at radius 2 is 1.89 bits per heavy atom. The van der Waals surface area contributed by atoms with Crippen LogP contribution in [0.2, 0.25) is 5.28 Å². The van der Waals surface area contributed by atoms with Crippen LogP contribution in [0.4, 0.5) is 10.2 Å². The van der Waals surface area contributed by atoms with Crippen molar-refractivity contribution in [1.29, 1.82) is 0 Å². The van der Waals surface area contributed by atoms with Crippen molar-refractivity contribution >= 4 is 50.1 Å². The number of phosphoric ester groups is 1. The molecule has 7 atom stereocenters. The van der Waals surface area contributed by atoms with Crippen LogP contribution in [0.15, 0.2) is 48.8 Å². The van der Waals surface area contributed by atoms with E-state index >= 15 is 4.39 Å². The number of nitrogen functional groups attached to an aromatic ring is 1. The molecule has 0 saturated carbocycles. The number of hydrogen-bond donors (Lipinski definition) is 4. The molecular formula is C36H47ClFN7O10P2. The van der Waals surface area contributed by atoms with E-state index in [4.69, 9.17) is 40.2 Å². The molecule has 6 rings (SSSR count). The number of imidazole rings is 1. The topological polar surface area (TPSA) is 223 Å². The van der Waals surface area contributed by atoms with Gasteiger partial charge in [0.25, 0.3) is 0 Å². The number of fused-ring (bicyclic) bond motifs is 2. The molecule has 1 saturated heterocycles. The number of aromatic nitrogens is 4. The number of alkyl halides is 1. The number of benzene rings is 2. The van der Waals surface area contributed by atoms with Crippen LogP contribution < -0.4 is 15.3 Å². The van der Waals surface area contributed by atoms with Crippen LogP contribution in [0.1, 0.15) is 62.1 Å². The van der Waals surface area contributed by atoms with Gasteiger partial charge in [-0.25, -0.2) is 18.5 Å². The molecule has 1 aliphatic heterocycles. The summed E-state index contributed by atoms with van der Waals surface area (Å²) in [7, 11) is -10.4. The van der Waals surface area contributed by atoms with Gasteiger partial charge in [-0.1, -0.05) is 56.3 Å². The SMILES string of the molecule is CCN(CC)CCc1ccc2c(c1OP(=O)(N[C@@H](C)C(=O)OCc1ccccc1)OP(=O)(O)OC[C@H]1O[C@@H](n3cnc4c(N)nc(Cl)nc43)C(F)C1O)CCCC2. The van der Waals surface area contributed by atoms with E-state index in [1.807, 2.05) is 32.0 Å². The second-order valence-electron chi connectivity index (χ2n) is 13.8. The van der Waals surface area contributed by atoms with Crippen LogP contribution in [0.25, 0.3) is 11.2 Å². The number of aryl methyl sites for hydroxylation is 1. The summed E-state index contributed by atoms with van der Waals surface area (Å²) >= 11 is 5.94. The quantitative estimate of drug-likeness (QED) is 0.0554. The Hall–Kier alpha value is -3.54. The van der Waals surface area contributed by atoms with E-state index in [-0.39, 0.29) is 34.6 Å². The van der Waals surface area contributed by atoms with E-state index in [0.29, 0.717) is 30.5 Å². The van der Waals surface area contributed by atoms with Gasteiger partial charge in [0.05, 0.1) is 12.9 Å². The Morgan fingerprint density at radius 1 is 1.16 bits per heavy atom. The zero-order chi connectivity index (χ0) is 40.9. The third kappa shape index (κ3) is 10.4. The highest BCUT2D eigenvalue weighted by molar-refractivity contribution is 7.63. The normalized spacial score (nSPS) is 22.2. The molecule has 0 radical (unpaired) electrons. The van der Waals surface area contributed by atoms with Gasteiger partial charge in [0.1, 0.15) is 36.1 Å². The number of nitrogens with one attached hydrogen (secondary N) is 1. The van der Waals surface area contributed by atoms with Gasteiger partial charge in [0, 0.05) is 6.54 Å². The molecule has 21 heteroatoms. The highest BCUT2D eigenvalue weighted by atomic mass is 35.5. The number of ether oxygens (including phenoxy) is 2. The fourth-order valence-corrected chi connectivity index (χ4v) is 10.00. The molecule has 0 bridgehead atoms. The standard InChI is InChI=1S/C36H47ClFN7O10P2/c1-4-44(5-2)18-17-25-16-15-24-13-9-10-14-26(24)31(25)54-56(48,43-22(3)35(47)51-19-23-11-7-6-8-12-23)55-57(49,50)52-20-27-30(46)28(38)34(53-27)45-21-40-29-32(39)41-36(37)42-33(29)45/h6-8,11-12,15-16,21-22,27-28,30,34,46H,4-5,9-10,13-14,17-20H2,1-3H3,(H,43,48)(H,49,50)(H2,39,41,42)/t22-,27+,28?,30?,34+,56?/m0/s1. The second-order valence-corrected chi connectivity index (χ2v) is 17.4. The zero-order valence-corrected chi connectivity index (χ0v) is 34.2. The van der Waals surface area contributed by atoms with Gasteiger partial charge < -0.3 is 34.6 Å². The molecule has 57 heavy (non-hydrogen) atoms.